The molecule has 0 aliphatic heterocycles. The van der Waals surface area contributed by atoms with Gasteiger partial charge in [-0.3, -0.25) is 9.59 Å². The van der Waals surface area contributed by atoms with Crippen molar-refractivity contribution in [2.45, 2.75) is 18.4 Å². The third-order valence-corrected chi connectivity index (χ3v) is 4.83. The highest BCUT2D eigenvalue weighted by atomic mass is 32.2. The summed E-state index contributed by atoms with van der Waals surface area (Å²) in [6, 6.07) is 15.7. The van der Waals surface area contributed by atoms with Gasteiger partial charge in [-0.25, -0.2) is 0 Å². The van der Waals surface area contributed by atoms with Crippen LogP contribution in [-0.4, -0.2) is 43.6 Å². The first kappa shape index (κ1) is 19.8. The van der Waals surface area contributed by atoms with E-state index in [1.165, 1.54) is 18.7 Å². The summed E-state index contributed by atoms with van der Waals surface area (Å²) in [5.41, 5.74) is 3.00. The Morgan fingerprint density at radius 1 is 0.962 bits per heavy atom. The topological polar surface area (TPSA) is 52.7 Å². The predicted octanol–water partition coefficient (Wildman–Crippen LogP) is 3.46. The van der Waals surface area contributed by atoms with Gasteiger partial charge < -0.3 is 15.1 Å². The van der Waals surface area contributed by atoms with Gasteiger partial charge in [0.25, 0.3) is 0 Å². The molecule has 0 aliphatic carbocycles. The van der Waals surface area contributed by atoms with Crippen molar-refractivity contribution in [3.63, 3.8) is 0 Å². The van der Waals surface area contributed by atoms with Crippen molar-refractivity contribution < 1.29 is 9.59 Å². The van der Waals surface area contributed by atoms with Crippen molar-refractivity contribution in [2.75, 3.05) is 37.1 Å². The van der Waals surface area contributed by atoms with Crippen molar-refractivity contribution in [3.05, 3.63) is 54.1 Å². The zero-order valence-electron chi connectivity index (χ0n) is 15.7. The Morgan fingerprint density at radius 2 is 1.58 bits per heavy atom. The summed E-state index contributed by atoms with van der Waals surface area (Å²) in [6.45, 7) is 2.07. The molecule has 0 heterocycles. The Bertz CT molecular complexity index is 743. The van der Waals surface area contributed by atoms with Crippen molar-refractivity contribution >= 4 is 35.0 Å². The summed E-state index contributed by atoms with van der Waals surface area (Å²) < 4.78 is 0. The molecule has 2 aromatic carbocycles. The number of rotatable bonds is 7. The van der Waals surface area contributed by atoms with Crippen molar-refractivity contribution in [2.24, 2.45) is 0 Å². The standard InChI is InChI=1S/C20H25N3O2S/c1-15(24)21-17-7-11-19(12-8-17)26-14-20(25)23(4)13-16-5-9-18(10-6-16)22(2)3/h5-12H,13-14H2,1-4H3,(H,21,24). The number of benzene rings is 2. The highest BCUT2D eigenvalue weighted by molar-refractivity contribution is 8.00. The minimum absolute atomic E-state index is 0.0811. The molecule has 0 radical (unpaired) electrons. The second-order valence-electron chi connectivity index (χ2n) is 6.30. The number of anilines is 2. The van der Waals surface area contributed by atoms with Gasteiger partial charge >= 0.3 is 0 Å². The number of hydrogen-bond donors (Lipinski definition) is 1. The molecule has 0 saturated carbocycles. The molecule has 0 fully saturated rings. The number of hydrogen-bond acceptors (Lipinski definition) is 4. The van der Waals surface area contributed by atoms with Gasteiger partial charge in [-0.15, -0.1) is 11.8 Å². The van der Waals surface area contributed by atoms with Crippen LogP contribution in [0.25, 0.3) is 0 Å². The molecule has 2 aromatic rings. The summed E-state index contributed by atoms with van der Waals surface area (Å²) in [5.74, 6) is 0.365. The summed E-state index contributed by atoms with van der Waals surface area (Å²) in [7, 11) is 5.83. The first-order chi connectivity index (χ1) is 12.3. The van der Waals surface area contributed by atoms with E-state index in [1.807, 2.05) is 62.4 Å². The van der Waals surface area contributed by atoms with E-state index in [2.05, 4.69) is 17.4 Å². The lowest BCUT2D eigenvalue weighted by Crippen LogP contribution is -2.27. The molecule has 6 heteroatoms. The first-order valence-corrected chi connectivity index (χ1v) is 9.34. The van der Waals surface area contributed by atoms with Crippen LogP contribution in [0.1, 0.15) is 12.5 Å². The molecule has 1 N–H and O–H groups in total. The minimum atomic E-state index is -0.0965. The molecular formula is C20H25N3O2S. The Hall–Kier alpha value is -2.47. The highest BCUT2D eigenvalue weighted by Gasteiger charge is 2.10. The summed E-state index contributed by atoms with van der Waals surface area (Å²) >= 11 is 1.49. The molecule has 2 rings (SSSR count). The monoisotopic (exact) mass is 371 g/mol. The van der Waals surface area contributed by atoms with Gasteiger partial charge in [-0.05, 0) is 42.0 Å². The molecule has 0 saturated heterocycles. The minimum Gasteiger partial charge on any atom is -0.378 e. The van der Waals surface area contributed by atoms with Crippen molar-refractivity contribution in [3.8, 4) is 0 Å². The van der Waals surface area contributed by atoms with Gasteiger partial charge in [0.1, 0.15) is 0 Å². The smallest absolute Gasteiger partial charge is 0.232 e. The lowest BCUT2D eigenvalue weighted by molar-refractivity contribution is -0.127. The second-order valence-corrected chi connectivity index (χ2v) is 7.35. The molecule has 0 bridgehead atoms. The molecule has 138 valence electrons. The van der Waals surface area contributed by atoms with Gasteiger partial charge in [0.2, 0.25) is 11.8 Å². The van der Waals surface area contributed by atoms with Gasteiger partial charge in [-0.1, -0.05) is 12.1 Å². The average Bonchev–Trinajstić information content (AvgIpc) is 2.60. The van der Waals surface area contributed by atoms with Crippen LogP contribution in [0.2, 0.25) is 0 Å². The maximum Gasteiger partial charge on any atom is 0.232 e. The molecule has 0 aromatic heterocycles. The summed E-state index contributed by atoms with van der Waals surface area (Å²) in [4.78, 5) is 28.2. The molecule has 0 unspecified atom stereocenters. The Morgan fingerprint density at radius 3 is 2.12 bits per heavy atom. The van der Waals surface area contributed by atoms with E-state index in [4.69, 9.17) is 0 Å². The van der Waals surface area contributed by atoms with Crippen LogP contribution in [0, 0.1) is 0 Å². The molecule has 0 spiro atoms. The molecule has 0 aliphatic rings. The summed E-state index contributed by atoms with van der Waals surface area (Å²) in [6.07, 6.45) is 0. The van der Waals surface area contributed by atoms with Gasteiger partial charge in [0, 0.05) is 50.9 Å². The number of amides is 2. The number of thioether (sulfide) groups is 1. The predicted molar refractivity (Wildman–Crippen MR) is 109 cm³/mol. The van der Waals surface area contributed by atoms with Crippen LogP contribution < -0.4 is 10.2 Å². The number of nitrogens with zero attached hydrogens (tertiary/aromatic N) is 2. The van der Waals surface area contributed by atoms with E-state index < -0.39 is 0 Å². The normalized spacial score (nSPS) is 10.3. The Balaban J connectivity index is 1.83. The fourth-order valence-electron chi connectivity index (χ4n) is 2.35. The van der Waals surface area contributed by atoms with Gasteiger partial charge in [-0.2, -0.15) is 0 Å². The van der Waals surface area contributed by atoms with Crippen LogP contribution >= 0.6 is 11.8 Å². The highest BCUT2D eigenvalue weighted by Crippen LogP contribution is 2.21. The zero-order chi connectivity index (χ0) is 19.1. The van der Waals surface area contributed by atoms with Crippen LogP contribution in [0.5, 0.6) is 0 Å². The largest absolute Gasteiger partial charge is 0.378 e. The van der Waals surface area contributed by atoms with Crippen LogP contribution in [-0.2, 0) is 16.1 Å². The maximum atomic E-state index is 12.3. The lowest BCUT2D eigenvalue weighted by Gasteiger charge is -2.18. The average molecular weight is 372 g/mol. The number of carbonyl (C=O) groups excluding carboxylic acids is 2. The van der Waals surface area contributed by atoms with Crippen LogP contribution in [0.4, 0.5) is 11.4 Å². The fraction of sp³-hybridized carbons (Fsp3) is 0.300. The third-order valence-electron chi connectivity index (χ3n) is 3.84. The van der Waals surface area contributed by atoms with E-state index >= 15 is 0 Å². The summed E-state index contributed by atoms with van der Waals surface area (Å²) in [5, 5.41) is 2.73. The molecule has 2 amide bonds. The molecule has 26 heavy (non-hydrogen) atoms. The van der Waals surface area contributed by atoms with Crippen LogP contribution in [0.3, 0.4) is 0 Å². The first-order valence-electron chi connectivity index (χ1n) is 8.36. The second kappa shape index (κ2) is 9.29. The van der Waals surface area contributed by atoms with E-state index in [0.29, 0.717) is 12.3 Å². The van der Waals surface area contributed by atoms with Crippen molar-refractivity contribution in [1.82, 2.24) is 4.90 Å². The fourth-order valence-corrected chi connectivity index (χ4v) is 3.19. The number of carbonyl (C=O) groups is 2. The zero-order valence-corrected chi connectivity index (χ0v) is 16.5. The van der Waals surface area contributed by atoms with E-state index in [-0.39, 0.29) is 11.8 Å². The third kappa shape index (κ3) is 6.11. The maximum absolute atomic E-state index is 12.3. The molecule has 0 atom stereocenters. The Labute approximate surface area is 159 Å². The van der Waals surface area contributed by atoms with Crippen molar-refractivity contribution in [1.29, 1.82) is 0 Å². The van der Waals surface area contributed by atoms with Gasteiger partial charge in [0.05, 0.1) is 5.75 Å². The van der Waals surface area contributed by atoms with E-state index in [1.54, 1.807) is 4.90 Å². The van der Waals surface area contributed by atoms with Crippen LogP contribution in [0.15, 0.2) is 53.4 Å². The van der Waals surface area contributed by atoms with E-state index in [9.17, 15) is 9.59 Å². The SMILES string of the molecule is CC(=O)Nc1ccc(SCC(=O)N(C)Cc2ccc(N(C)C)cc2)cc1. The number of nitrogens with one attached hydrogen (secondary N) is 1. The molecule has 5 nitrogen and oxygen atoms in total. The molecular weight excluding hydrogens is 346 g/mol. The lowest BCUT2D eigenvalue weighted by atomic mass is 10.2. The van der Waals surface area contributed by atoms with E-state index in [0.717, 1.165) is 21.8 Å². The Kier molecular flexibility index (Phi) is 7.09. The quantitative estimate of drug-likeness (QED) is 0.758. The van der Waals surface area contributed by atoms with Gasteiger partial charge in [0.15, 0.2) is 0 Å².